The molecule has 1 aromatic carbocycles. The number of carbonyl (C=O) groups is 1. The van der Waals surface area contributed by atoms with E-state index in [4.69, 9.17) is 4.74 Å². The van der Waals surface area contributed by atoms with Crippen LogP contribution in [0, 0.1) is 5.92 Å². The summed E-state index contributed by atoms with van der Waals surface area (Å²) in [6.45, 7) is 6.16. The fraction of sp³-hybridized carbons (Fsp3) is 0.562. The summed E-state index contributed by atoms with van der Waals surface area (Å²) >= 11 is 0. The van der Waals surface area contributed by atoms with Crippen molar-refractivity contribution in [3.63, 3.8) is 0 Å². The van der Waals surface area contributed by atoms with Gasteiger partial charge in [-0.1, -0.05) is 19.9 Å². The zero-order valence-corrected chi connectivity index (χ0v) is 14.7. The largest absolute Gasteiger partial charge is 0.379 e. The summed E-state index contributed by atoms with van der Waals surface area (Å²) in [4.78, 5) is 14.2. The highest BCUT2D eigenvalue weighted by Gasteiger charge is 2.27. The summed E-state index contributed by atoms with van der Waals surface area (Å²) in [5.74, 6) is 0.182. The molecule has 1 heterocycles. The number of amides is 1. The van der Waals surface area contributed by atoms with E-state index in [1.807, 2.05) is 13.8 Å². The maximum atomic E-state index is 12.7. The number of hydrogen-bond donors (Lipinski definition) is 0. The van der Waals surface area contributed by atoms with Crippen LogP contribution in [0.4, 0.5) is 0 Å². The first-order valence-electron chi connectivity index (χ1n) is 7.76. The molecule has 1 fully saturated rings. The molecule has 0 bridgehead atoms. The third-order valence-electron chi connectivity index (χ3n) is 3.67. The van der Waals surface area contributed by atoms with E-state index >= 15 is 0 Å². The molecule has 2 rings (SSSR count). The van der Waals surface area contributed by atoms with Gasteiger partial charge in [0.1, 0.15) is 0 Å². The summed E-state index contributed by atoms with van der Waals surface area (Å²) in [5.41, 5.74) is 0.391. The van der Waals surface area contributed by atoms with Gasteiger partial charge in [-0.2, -0.15) is 4.31 Å². The number of hydrogen-bond acceptors (Lipinski definition) is 4. The Kier molecular flexibility index (Phi) is 5.78. The molecule has 128 valence electrons. The number of ether oxygens (including phenoxy) is 1. The normalized spacial score (nSPS) is 16.5. The fourth-order valence-corrected chi connectivity index (χ4v) is 4.03. The van der Waals surface area contributed by atoms with Crippen LogP contribution in [0.15, 0.2) is 29.2 Å². The van der Waals surface area contributed by atoms with E-state index in [9.17, 15) is 13.2 Å². The van der Waals surface area contributed by atoms with Crippen LogP contribution in [0.1, 0.15) is 24.2 Å². The molecule has 0 N–H and O–H groups in total. The highest BCUT2D eigenvalue weighted by atomic mass is 32.2. The standard InChI is InChI=1S/C16H24N2O4S/c1-13(2)12-17(3)16(19)14-5-4-6-15(11-14)23(20,21)18-7-9-22-10-8-18/h4-6,11,13H,7-10,12H2,1-3H3. The van der Waals surface area contributed by atoms with Crippen molar-refractivity contribution in [3.05, 3.63) is 29.8 Å². The fourth-order valence-electron chi connectivity index (χ4n) is 2.58. The van der Waals surface area contributed by atoms with E-state index in [1.54, 1.807) is 24.1 Å². The monoisotopic (exact) mass is 340 g/mol. The summed E-state index contributed by atoms with van der Waals surface area (Å²) in [5, 5.41) is 0. The number of nitrogens with zero attached hydrogens (tertiary/aromatic N) is 2. The lowest BCUT2D eigenvalue weighted by Gasteiger charge is -2.26. The average molecular weight is 340 g/mol. The van der Waals surface area contributed by atoms with E-state index in [2.05, 4.69) is 0 Å². The lowest BCUT2D eigenvalue weighted by Crippen LogP contribution is -2.40. The molecule has 1 amide bonds. The first-order chi connectivity index (χ1) is 10.8. The number of morpholine rings is 1. The van der Waals surface area contributed by atoms with Gasteiger partial charge in [0.25, 0.3) is 5.91 Å². The topological polar surface area (TPSA) is 66.9 Å². The summed E-state index contributed by atoms with van der Waals surface area (Å²) in [6, 6.07) is 6.26. The molecule has 0 atom stereocenters. The molecule has 0 spiro atoms. The van der Waals surface area contributed by atoms with Gasteiger partial charge in [-0.25, -0.2) is 8.42 Å². The van der Waals surface area contributed by atoms with Crippen LogP contribution in [-0.2, 0) is 14.8 Å². The van der Waals surface area contributed by atoms with E-state index < -0.39 is 10.0 Å². The quantitative estimate of drug-likeness (QED) is 0.813. The SMILES string of the molecule is CC(C)CN(C)C(=O)c1cccc(S(=O)(=O)N2CCOCC2)c1. The number of rotatable bonds is 5. The van der Waals surface area contributed by atoms with Crippen LogP contribution >= 0.6 is 0 Å². The van der Waals surface area contributed by atoms with E-state index in [1.165, 1.54) is 16.4 Å². The zero-order valence-electron chi connectivity index (χ0n) is 13.9. The first kappa shape index (κ1) is 17.9. The Hall–Kier alpha value is -1.44. The Labute approximate surface area is 138 Å². The number of carbonyl (C=O) groups excluding carboxylic acids is 1. The van der Waals surface area contributed by atoms with Gasteiger partial charge < -0.3 is 9.64 Å². The molecule has 0 aromatic heterocycles. The van der Waals surface area contributed by atoms with E-state index in [0.717, 1.165) is 0 Å². The Morgan fingerprint density at radius 3 is 2.57 bits per heavy atom. The molecule has 23 heavy (non-hydrogen) atoms. The van der Waals surface area contributed by atoms with Gasteiger partial charge in [0.2, 0.25) is 10.0 Å². The van der Waals surface area contributed by atoms with Crippen molar-refractivity contribution < 1.29 is 17.9 Å². The highest BCUT2D eigenvalue weighted by Crippen LogP contribution is 2.19. The molecule has 1 aliphatic heterocycles. The minimum atomic E-state index is -3.58. The maximum Gasteiger partial charge on any atom is 0.253 e. The third-order valence-corrected chi connectivity index (χ3v) is 5.57. The lowest BCUT2D eigenvalue weighted by atomic mass is 10.1. The van der Waals surface area contributed by atoms with Crippen LogP contribution in [0.2, 0.25) is 0 Å². The summed E-state index contributed by atoms with van der Waals surface area (Å²) in [7, 11) is -1.86. The molecule has 1 aliphatic rings. The van der Waals surface area contributed by atoms with Crippen LogP contribution in [-0.4, -0.2) is 63.4 Å². The van der Waals surface area contributed by atoms with E-state index in [0.29, 0.717) is 44.3 Å². The van der Waals surface area contributed by atoms with Crippen molar-refractivity contribution in [2.75, 3.05) is 39.9 Å². The number of benzene rings is 1. The van der Waals surface area contributed by atoms with Gasteiger partial charge in [0.05, 0.1) is 18.1 Å². The van der Waals surface area contributed by atoms with Crippen LogP contribution in [0.5, 0.6) is 0 Å². The van der Waals surface area contributed by atoms with Crippen molar-refractivity contribution in [3.8, 4) is 0 Å². The third kappa shape index (κ3) is 4.31. The van der Waals surface area contributed by atoms with E-state index in [-0.39, 0.29) is 10.8 Å². The van der Waals surface area contributed by atoms with Gasteiger partial charge in [-0.05, 0) is 24.1 Å². The maximum absolute atomic E-state index is 12.7. The molecule has 1 saturated heterocycles. The van der Waals surface area contributed by atoms with Gasteiger partial charge in [0, 0.05) is 32.2 Å². The molecule has 7 heteroatoms. The summed E-state index contributed by atoms with van der Waals surface area (Å²) in [6.07, 6.45) is 0. The van der Waals surface area contributed by atoms with Crippen LogP contribution in [0.25, 0.3) is 0 Å². The van der Waals surface area contributed by atoms with Crippen molar-refractivity contribution in [2.24, 2.45) is 5.92 Å². The summed E-state index contributed by atoms with van der Waals surface area (Å²) < 4.78 is 31.9. The molecular weight excluding hydrogens is 316 g/mol. The van der Waals surface area contributed by atoms with Gasteiger partial charge in [-0.3, -0.25) is 4.79 Å². The second-order valence-electron chi connectivity index (χ2n) is 6.12. The Morgan fingerprint density at radius 1 is 1.30 bits per heavy atom. The molecule has 0 radical (unpaired) electrons. The van der Waals surface area contributed by atoms with Crippen molar-refractivity contribution >= 4 is 15.9 Å². The van der Waals surface area contributed by atoms with Gasteiger partial charge >= 0.3 is 0 Å². The second-order valence-corrected chi connectivity index (χ2v) is 8.06. The second kappa shape index (κ2) is 7.42. The molecule has 1 aromatic rings. The molecule has 0 unspecified atom stereocenters. The predicted molar refractivity (Wildman–Crippen MR) is 87.8 cm³/mol. The highest BCUT2D eigenvalue weighted by molar-refractivity contribution is 7.89. The average Bonchev–Trinajstić information content (AvgIpc) is 2.54. The molecule has 0 saturated carbocycles. The van der Waals surface area contributed by atoms with Gasteiger partial charge in [-0.15, -0.1) is 0 Å². The lowest BCUT2D eigenvalue weighted by molar-refractivity contribution is 0.0730. The van der Waals surface area contributed by atoms with Crippen molar-refractivity contribution in [1.82, 2.24) is 9.21 Å². The van der Waals surface area contributed by atoms with Gasteiger partial charge in [0.15, 0.2) is 0 Å². The van der Waals surface area contributed by atoms with Crippen molar-refractivity contribution in [1.29, 1.82) is 0 Å². The van der Waals surface area contributed by atoms with Crippen molar-refractivity contribution in [2.45, 2.75) is 18.7 Å². The molecule has 6 nitrogen and oxygen atoms in total. The number of sulfonamides is 1. The zero-order chi connectivity index (χ0) is 17.0. The van der Waals surface area contributed by atoms with Crippen LogP contribution in [0.3, 0.4) is 0 Å². The predicted octanol–water partition coefficient (Wildman–Crippen LogP) is 1.44. The first-order valence-corrected chi connectivity index (χ1v) is 9.20. The van der Waals surface area contributed by atoms with Crippen LogP contribution < -0.4 is 0 Å². The Bertz CT molecular complexity index is 652. The smallest absolute Gasteiger partial charge is 0.253 e. The molecular formula is C16H24N2O4S. The Balaban J connectivity index is 2.23. The molecule has 0 aliphatic carbocycles. The minimum absolute atomic E-state index is 0.156. The minimum Gasteiger partial charge on any atom is -0.379 e. The Morgan fingerprint density at radius 2 is 1.96 bits per heavy atom.